The quantitative estimate of drug-likeness (QED) is 0.611. The van der Waals surface area contributed by atoms with Crippen LogP contribution in [0, 0.1) is 0 Å². The first-order chi connectivity index (χ1) is 14.1. The first-order valence-corrected chi connectivity index (χ1v) is 10.7. The molecule has 0 spiro atoms. The van der Waals surface area contributed by atoms with Crippen LogP contribution < -0.4 is 4.74 Å². The Kier molecular flexibility index (Phi) is 5.61. The number of methoxy groups -OCH3 is 1. The van der Waals surface area contributed by atoms with Crippen molar-refractivity contribution in [3.05, 3.63) is 60.7 Å². The molecule has 9 heteroatoms. The van der Waals surface area contributed by atoms with Gasteiger partial charge in [0.1, 0.15) is 16.9 Å². The number of hydrogen-bond acceptors (Lipinski definition) is 7. The number of aromatic nitrogens is 2. The highest BCUT2D eigenvalue weighted by Crippen LogP contribution is 2.23. The molecule has 0 unspecified atom stereocenters. The Morgan fingerprint density at radius 1 is 1.10 bits per heavy atom. The molecule has 0 saturated carbocycles. The highest BCUT2D eigenvalue weighted by molar-refractivity contribution is 7.89. The molecule has 0 atom stereocenters. The van der Waals surface area contributed by atoms with Crippen molar-refractivity contribution < 1.29 is 17.6 Å². The van der Waals surface area contributed by atoms with E-state index in [0.717, 1.165) is 17.0 Å². The molecule has 1 aliphatic rings. The molecule has 1 aliphatic heterocycles. The topological polar surface area (TPSA) is 88.8 Å². The van der Waals surface area contributed by atoms with Crippen molar-refractivity contribution in [3.63, 3.8) is 0 Å². The Balaban J connectivity index is 1.36. The van der Waals surface area contributed by atoms with Gasteiger partial charge in [0.05, 0.1) is 12.8 Å². The van der Waals surface area contributed by atoms with Crippen molar-refractivity contribution in [1.82, 2.24) is 19.2 Å². The van der Waals surface area contributed by atoms with E-state index in [9.17, 15) is 8.42 Å². The van der Waals surface area contributed by atoms with Gasteiger partial charge in [-0.05, 0) is 36.4 Å². The number of pyridine rings is 1. The minimum atomic E-state index is -3.50. The van der Waals surface area contributed by atoms with Gasteiger partial charge in [0.25, 0.3) is 0 Å². The summed E-state index contributed by atoms with van der Waals surface area (Å²) >= 11 is 0. The van der Waals surface area contributed by atoms with Gasteiger partial charge in [-0.25, -0.2) is 13.4 Å². The first-order valence-electron chi connectivity index (χ1n) is 9.27. The van der Waals surface area contributed by atoms with Crippen LogP contribution in [0.3, 0.4) is 0 Å². The highest BCUT2D eigenvalue weighted by atomic mass is 32.2. The van der Waals surface area contributed by atoms with Crippen molar-refractivity contribution in [2.45, 2.75) is 11.4 Å². The molecule has 1 fully saturated rings. The summed E-state index contributed by atoms with van der Waals surface area (Å²) in [5.74, 6) is 1.33. The van der Waals surface area contributed by atoms with Crippen LogP contribution in [0.25, 0.3) is 11.5 Å². The summed E-state index contributed by atoms with van der Waals surface area (Å²) in [4.78, 5) is 10.9. The van der Waals surface area contributed by atoms with E-state index in [1.165, 1.54) is 10.5 Å². The molecule has 152 valence electrons. The van der Waals surface area contributed by atoms with Gasteiger partial charge in [-0.15, -0.1) is 0 Å². The average molecular weight is 414 g/mol. The molecule has 4 rings (SSSR count). The molecule has 3 aromatic rings. The summed E-state index contributed by atoms with van der Waals surface area (Å²) in [6, 6.07) is 10.7. The molecule has 8 nitrogen and oxygen atoms in total. The number of benzene rings is 1. The van der Waals surface area contributed by atoms with E-state index in [0.29, 0.717) is 38.6 Å². The van der Waals surface area contributed by atoms with Crippen LogP contribution in [0.2, 0.25) is 0 Å². The predicted octanol–water partition coefficient (Wildman–Crippen LogP) is 2.25. The minimum absolute atomic E-state index is 0.231. The van der Waals surface area contributed by atoms with E-state index in [1.54, 1.807) is 31.7 Å². The summed E-state index contributed by atoms with van der Waals surface area (Å²) in [5.41, 5.74) is 1.70. The fraction of sp³-hybridized carbons (Fsp3) is 0.300. The van der Waals surface area contributed by atoms with E-state index < -0.39 is 10.0 Å². The molecule has 0 aliphatic carbocycles. The molecule has 0 amide bonds. The lowest BCUT2D eigenvalue weighted by Gasteiger charge is -2.33. The molecular formula is C20H22N4O4S. The number of hydrogen-bond donors (Lipinski definition) is 0. The molecular weight excluding hydrogens is 392 g/mol. The molecule has 0 radical (unpaired) electrons. The fourth-order valence-corrected chi connectivity index (χ4v) is 4.64. The number of oxazole rings is 1. The maximum Gasteiger partial charge on any atom is 0.244 e. The lowest BCUT2D eigenvalue weighted by atomic mass is 10.2. The summed E-state index contributed by atoms with van der Waals surface area (Å²) in [6.45, 7) is 2.73. The Hall–Kier alpha value is -2.75. The molecule has 3 heterocycles. The van der Waals surface area contributed by atoms with Crippen molar-refractivity contribution in [2.24, 2.45) is 0 Å². The Bertz CT molecular complexity index is 1040. The maximum atomic E-state index is 12.7. The van der Waals surface area contributed by atoms with E-state index >= 15 is 0 Å². The summed E-state index contributed by atoms with van der Waals surface area (Å²) < 4.78 is 37.7. The SMILES string of the molecule is COc1ccc(-c2nc(CN3CCN(S(=O)(=O)c4cccnc4)CC3)co2)cc1. The second-order valence-corrected chi connectivity index (χ2v) is 8.68. The first kappa shape index (κ1) is 19.6. The largest absolute Gasteiger partial charge is 0.497 e. The van der Waals surface area contributed by atoms with Gasteiger partial charge in [-0.2, -0.15) is 4.31 Å². The molecule has 0 N–H and O–H groups in total. The third-order valence-corrected chi connectivity index (χ3v) is 6.76. The molecule has 1 saturated heterocycles. The second-order valence-electron chi connectivity index (χ2n) is 6.74. The Morgan fingerprint density at radius 3 is 2.52 bits per heavy atom. The monoisotopic (exact) mass is 414 g/mol. The smallest absolute Gasteiger partial charge is 0.244 e. The zero-order chi connectivity index (χ0) is 20.3. The van der Waals surface area contributed by atoms with Gasteiger partial charge in [-0.1, -0.05) is 0 Å². The second kappa shape index (κ2) is 8.32. The number of ether oxygens (including phenoxy) is 1. The van der Waals surface area contributed by atoms with E-state index in [-0.39, 0.29) is 4.90 Å². The maximum absolute atomic E-state index is 12.7. The average Bonchev–Trinajstić information content (AvgIpc) is 3.23. The summed E-state index contributed by atoms with van der Waals surface area (Å²) in [5, 5.41) is 0. The van der Waals surface area contributed by atoms with Gasteiger partial charge in [0.2, 0.25) is 15.9 Å². The lowest BCUT2D eigenvalue weighted by Crippen LogP contribution is -2.48. The van der Waals surface area contributed by atoms with Gasteiger partial charge in [0.15, 0.2) is 0 Å². The number of nitrogens with zero attached hydrogens (tertiary/aromatic N) is 4. The van der Waals surface area contributed by atoms with Gasteiger partial charge < -0.3 is 9.15 Å². The van der Waals surface area contributed by atoms with Crippen LogP contribution in [-0.4, -0.2) is 60.9 Å². The van der Waals surface area contributed by atoms with Crippen molar-refractivity contribution in [3.8, 4) is 17.2 Å². The Morgan fingerprint density at radius 2 is 1.86 bits per heavy atom. The van der Waals surface area contributed by atoms with E-state index in [2.05, 4.69) is 14.9 Å². The molecule has 1 aromatic carbocycles. The Labute approximate surface area is 169 Å². The third kappa shape index (κ3) is 4.31. The summed E-state index contributed by atoms with van der Waals surface area (Å²) in [6.07, 6.45) is 4.60. The standard InChI is InChI=1S/C20H22N4O4S/c1-27-18-6-4-16(5-7-18)20-22-17(15-28-20)14-23-9-11-24(12-10-23)29(25,26)19-3-2-8-21-13-19/h2-8,13,15H,9-12,14H2,1H3. The van der Waals surface area contributed by atoms with Gasteiger partial charge in [0, 0.05) is 50.7 Å². The molecule has 29 heavy (non-hydrogen) atoms. The van der Waals surface area contributed by atoms with Crippen molar-refractivity contribution >= 4 is 10.0 Å². The van der Waals surface area contributed by atoms with Crippen LogP contribution >= 0.6 is 0 Å². The number of rotatable bonds is 6. The van der Waals surface area contributed by atoms with Crippen LogP contribution in [-0.2, 0) is 16.6 Å². The van der Waals surface area contributed by atoms with E-state index in [1.807, 2.05) is 24.3 Å². The zero-order valence-corrected chi connectivity index (χ0v) is 16.9. The zero-order valence-electron chi connectivity index (χ0n) is 16.1. The highest BCUT2D eigenvalue weighted by Gasteiger charge is 2.28. The van der Waals surface area contributed by atoms with Crippen molar-refractivity contribution in [1.29, 1.82) is 0 Å². The van der Waals surface area contributed by atoms with Crippen LogP contribution in [0.15, 0.2) is 64.4 Å². The third-order valence-electron chi connectivity index (χ3n) is 4.88. The minimum Gasteiger partial charge on any atom is -0.497 e. The molecule has 0 bridgehead atoms. The fourth-order valence-electron chi connectivity index (χ4n) is 3.25. The van der Waals surface area contributed by atoms with E-state index in [4.69, 9.17) is 9.15 Å². The predicted molar refractivity (Wildman–Crippen MR) is 107 cm³/mol. The number of piperazine rings is 1. The molecule has 2 aromatic heterocycles. The van der Waals surface area contributed by atoms with Crippen LogP contribution in [0.1, 0.15) is 5.69 Å². The van der Waals surface area contributed by atoms with Crippen molar-refractivity contribution in [2.75, 3.05) is 33.3 Å². The van der Waals surface area contributed by atoms with Crippen LogP contribution in [0.4, 0.5) is 0 Å². The normalized spacial score (nSPS) is 16.0. The number of sulfonamides is 1. The van der Waals surface area contributed by atoms with Gasteiger partial charge in [-0.3, -0.25) is 9.88 Å². The summed E-state index contributed by atoms with van der Waals surface area (Å²) in [7, 11) is -1.87. The van der Waals surface area contributed by atoms with Gasteiger partial charge >= 0.3 is 0 Å². The lowest BCUT2D eigenvalue weighted by molar-refractivity contribution is 0.180. The van der Waals surface area contributed by atoms with Crippen LogP contribution in [0.5, 0.6) is 5.75 Å².